The van der Waals surface area contributed by atoms with Gasteiger partial charge in [-0.1, -0.05) is 33.1 Å². The van der Waals surface area contributed by atoms with Crippen LogP contribution >= 0.6 is 0 Å². The van der Waals surface area contributed by atoms with E-state index in [1.165, 1.54) is 0 Å². The molecule has 5 nitrogen and oxygen atoms in total. The maximum absolute atomic E-state index is 13.1. The zero-order valence-electron chi connectivity index (χ0n) is 13.6. The molecule has 21 heavy (non-hydrogen) atoms. The van der Waals surface area contributed by atoms with Gasteiger partial charge in [0.2, 0.25) is 11.8 Å². The quantitative estimate of drug-likeness (QED) is 0.840. The number of carbonyl (C=O) groups excluding carboxylic acids is 2. The minimum atomic E-state index is -0.650. The normalized spacial score (nSPS) is 27.8. The topological polar surface area (TPSA) is 58.6 Å². The summed E-state index contributed by atoms with van der Waals surface area (Å²) in [7, 11) is 1.63. The summed E-state index contributed by atoms with van der Waals surface area (Å²) in [5.41, 5.74) is -0.650. The van der Waals surface area contributed by atoms with E-state index in [0.29, 0.717) is 6.61 Å². The first kappa shape index (κ1) is 16.3. The predicted molar refractivity (Wildman–Crippen MR) is 80.8 cm³/mol. The summed E-state index contributed by atoms with van der Waals surface area (Å²) in [6.45, 7) is 6.53. The van der Waals surface area contributed by atoms with Crippen LogP contribution in [0.2, 0.25) is 0 Å². The van der Waals surface area contributed by atoms with Crippen molar-refractivity contribution in [3.63, 3.8) is 0 Å². The summed E-state index contributed by atoms with van der Waals surface area (Å²) in [6, 6.07) is -0.455. The van der Waals surface area contributed by atoms with Crippen molar-refractivity contribution < 1.29 is 14.3 Å². The smallest absolute Gasteiger partial charge is 0.249 e. The number of nitrogens with zero attached hydrogens (tertiary/aromatic N) is 1. The molecule has 120 valence electrons. The largest absolute Gasteiger partial charge is 0.383 e. The Morgan fingerprint density at radius 1 is 1.33 bits per heavy atom. The van der Waals surface area contributed by atoms with Crippen LogP contribution in [-0.2, 0) is 14.3 Å². The second kappa shape index (κ2) is 6.34. The monoisotopic (exact) mass is 296 g/mol. The highest BCUT2D eigenvalue weighted by Gasteiger charge is 2.53. The molecule has 1 heterocycles. The Morgan fingerprint density at radius 3 is 2.48 bits per heavy atom. The highest BCUT2D eigenvalue weighted by atomic mass is 16.5. The number of carbonyl (C=O) groups is 2. The van der Waals surface area contributed by atoms with Gasteiger partial charge in [-0.2, -0.15) is 0 Å². The third-order valence-corrected chi connectivity index (χ3v) is 5.10. The molecular formula is C16H28N2O3. The van der Waals surface area contributed by atoms with Crippen LogP contribution in [-0.4, -0.2) is 48.1 Å². The lowest BCUT2D eigenvalue weighted by molar-refractivity contribution is -0.161. The molecule has 1 aliphatic carbocycles. The van der Waals surface area contributed by atoms with Gasteiger partial charge < -0.3 is 15.0 Å². The SMILES string of the molecule is CCC(C)C1C(=O)NC2(CCCC2)C(=O)N1C(C)COC. The van der Waals surface area contributed by atoms with Crippen LogP contribution in [0, 0.1) is 5.92 Å². The van der Waals surface area contributed by atoms with E-state index in [-0.39, 0.29) is 29.8 Å². The van der Waals surface area contributed by atoms with Gasteiger partial charge in [-0.15, -0.1) is 0 Å². The molecule has 0 aromatic rings. The van der Waals surface area contributed by atoms with E-state index >= 15 is 0 Å². The van der Waals surface area contributed by atoms with E-state index < -0.39 is 5.54 Å². The molecule has 2 rings (SSSR count). The number of hydrogen-bond acceptors (Lipinski definition) is 3. The van der Waals surface area contributed by atoms with Gasteiger partial charge in [0.15, 0.2) is 0 Å². The van der Waals surface area contributed by atoms with Crippen molar-refractivity contribution in [2.75, 3.05) is 13.7 Å². The van der Waals surface area contributed by atoms with E-state index in [0.717, 1.165) is 32.1 Å². The first-order valence-corrected chi connectivity index (χ1v) is 8.10. The second-order valence-corrected chi connectivity index (χ2v) is 6.63. The number of amides is 2. The van der Waals surface area contributed by atoms with Crippen molar-refractivity contribution in [2.24, 2.45) is 5.92 Å². The van der Waals surface area contributed by atoms with Crippen molar-refractivity contribution in [2.45, 2.75) is 70.5 Å². The molecule has 3 atom stereocenters. The average Bonchev–Trinajstić information content (AvgIpc) is 2.91. The summed E-state index contributed by atoms with van der Waals surface area (Å²) in [5.74, 6) is 0.246. The Balaban J connectivity index is 2.34. The Kier molecular flexibility index (Phi) is 4.91. The van der Waals surface area contributed by atoms with Crippen LogP contribution in [0.25, 0.3) is 0 Å². The van der Waals surface area contributed by atoms with E-state index in [2.05, 4.69) is 12.2 Å². The van der Waals surface area contributed by atoms with Gasteiger partial charge in [-0.05, 0) is 25.7 Å². The third kappa shape index (κ3) is 2.80. The number of rotatable bonds is 5. The molecule has 1 N–H and O–H groups in total. The Bertz CT molecular complexity index is 404. The fourth-order valence-corrected chi connectivity index (χ4v) is 3.73. The summed E-state index contributed by atoms with van der Waals surface area (Å²) in [4.78, 5) is 27.6. The lowest BCUT2D eigenvalue weighted by atomic mass is 9.85. The molecule has 1 aliphatic heterocycles. The molecule has 5 heteroatoms. The Morgan fingerprint density at radius 2 is 1.95 bits per heavy atom. The van der Waals surface area contributed by atoms with Crippen LogP contribution in [0.3, 0.4) is 0 Å². The molecule has 2 amide bonds. The van der Waals surface area contributed by atoms with Gasteiger partial charge in [-0.3, -0.25) is 9.59 Å². The van der Waals surface area contributed by atoms with E-state index in [9.17, 15) is 9.59 Å². The Hall–Kier alpha value is -1.10. The summed E-state index contributed by atoms with van der Waals surface area (Å²) in [6.07, 6.45) is 4.41. The molecule has 2 fully saturated rings. The van der Waals surface area contributed by atoms with Crippen LogP contribution in [0.1, 0.15) is 52.9 Å². The average molecular weight is 296 g/mol. The standard InChI is InChI=1S/C16H28N2O3/c1-5-11(2)13-14(19)17-16(8-6-7-9-16)15(20)18(13)12(3)10-21-4/h11-13H,5-10H2,1-4H3,(H,17,19). The number of hydrogen-bond donors (Lipinski definition) is 1. The van der Waals surface area contributed by atoms with E-state index in [1.54, 1.807) is 7.11 Å². The molecule has 0 aromatic heterocycles. The fourth-order valence-electron chi connectivity index (χ4n) is 3.73. The molecule has 3 unspecified atom stereocenters. The number of ether oxygens (including phenoxy) is 1. The summed E-state index contributed by atoms with van der Waals surface area (Å²) < 4.78 is 5.23. The predicted octanol–water partition coefficient (Wildman–Crippen LogP) is 1.71. The van der Waals surface area contributed by atoms with Crippen molar-refractivity contribution >= 4 is 11.8 Å². The van der Waals surface area contributed by atoms with E-state index in [4.69, 9.17) is 4.74 Å². The van der Waals surface area contributed by atoms with Crippen molar-refractivity contribution in [1.29, 1.82) is 0 Å². The van der Waals surface area contributed by atoms with Crippen LogP contribution in [0.5, 0.6) is 0 Å². The molecular weight excluding hydrogens is 268 g/mol. The summed E-state index contributed by atoms with van der Waals surface area (Å²) in [5, 5.41) is 3.06. The second-order valence-electron chi connectivity index (χ2n) is 6.63. The molecule has 1 saturated carbocycles. The van der Waals surface area contributed by atoms with Gasteiger partial charge in [0.25, 0.3) is 0 Å². The van der Waals surface area contributed by atoms with E-state index in [1.807, 2.05) is 18.7 Å². The fraction of sp³-hybridized carbons (Fsp3) is 0.875. The highest BCUT2D eigenvalue weighted by molar-refractivity contribution is 6.00. The minimum absolute atomic E-state index is 0.00815. The molecule has 2 aliphatic rings. The maximum Gasteiger partial charge on any atom is 0.249 e. The molecule has 1 spiro atoms. The maximum atomic E-state index is 13.1. The molecule has 0 bridgehead atoms. The van der Waals surface area contributed by atoms with Gasteiger partial charge in [0, 0.05) is 7.11 Å². The lowest BCUT2D eigenvalue weighted by Gasteiger charge is -2.48. The van der Waals surface area contributed by atoms with Gasteiger partial charge in [-0.25, -0.2) is 0 Å². The van der Waals surface area contributed by atoms with Gasteiger partial charge >= 0.3 is 0 Å². The molecule has 1 saturated heterocycles. The first-order chi connectivity index (χ1) is 9.96. The summed E-state index contributed by atoms with van der Waals surface area (Å²) >= 11 is 0. The minimum Gasteiger partial charge on any atom is -0.383 e. The van der Waals surface area contributed by atoms with Crippen molar-refractivity contribution in [3.05, 3.63) is 0 Å². The zero-order chi connectivity index (χ0) is 15.6. The lowest BCUT2D eigenvalue weighted by Crippen LogP contribution is -2.72. The van der Waals surface area contributed by atoms with Crippen molar-refractivity contribution in [1.82, 2.24) is 10.2 Å². The number of methoxy groups -OCH3 is 1. The third-order valence-electron chi connectivity index (χ3n) is 5.10. The molecule has 0 radical (unpaired) electrons. The van der Waals surface area contributed by atoms with Gasteiger partial charge in [0.1, 0.15) is 11.6 Å². The molecule has 0 aromatic carbocycles. The van der Waals surface area contributed by atoms with Crippen molar-refractivity contribution in [3.8, 4) is 0 Å². The number of piperazine rings is 1. The Labute approximate surface area is 127 Å². The highest BCUT2D eigenvalue weighted by Crippen LogP contribution is 2.37. The van der Waals surface area contributed by atoms with Crippen LogP contribution in [0.4, 0.5) is 0 Å². The number of nitrogens with one attached hydrogen (secondary N) is 1. The van der Waals surface area contributed by atoms with Gasteiger partial charge in [0.05, 0.1) is 12.6 Å². The first-order valence-electron chi connectivity index (χ1n) is 8.10. The van der Waals surface area contributed by atoms with Crippen LogP contribution in [0.15, 0.2) is 0 Å². The zero-order valence-corrected chi connectivity index (χ0v) is 13.6. The van der Waals surface area contributed by atoms with Crippen LogP contribution < -0.4 is 5.32 Å².